The van der Waals surface area contributed by atoms with Crippen molar-refractivity contribution in [3.05, 3.63) is 128 Å². The summed E-state index contributed by atoms with van der Waals surface area (Å²) in [5.74, 6) is -4.26. The standard InChI is InChI=1S/C55H57F2N11O9S2/c1-28(2)45(52(71)68-24-36(69)17-42(68)49-62-54(73)55(4,63-49)33-9-7-30(8-10-33)48-29(3)60-27-78-48)43-19-44(64-77-43)76-14-13-66-12-11-35(23-66)61-51(70)37-18-41-38(15-31(37)26-79(6,74)75)39-25-65(5)53(72)47-46(39)32(20-58-47)22-67(41)50-40(57)16-34(56)21-59-50/h7-10,15-16,18-21,25,27-28,35-36,42,45,58,69H,11-14,17,22-24,26H2,1-6H3,(H,61,70)(H,62,63,73)/t35-,36+,42-,45+,55-/m0/s1. The van der Waals surface area contributed by atoms with Crippen molar-refractivity contribution in [3.63, 3.8) is 0 Å². The molecule has 11 rings (SSSR count). The number of rotatable bonds is 15. The molecule has 0 spiro atoms. The Labute approximate surface area is 456 Å². The molecule has 7 aromatic rings. The highest BCUT2D eigenvalue weighted by Crippen LogP contribution is 2.45. The lowest BCUT2D eigenvalue weighted by Crippen LogP contribution is -2.51. The third kappa shape index (κ3) is 10.1. The number of ether oxygens (including phenoxy) is 1. The molecule has 5 aromatic heterocycles. The molecular formula is C55H57F2N11O9S2. The van der Waals surface area contributed by atoms with E-state index < -0.39 is 62.6 Å². The van der Waals surface area contributed by atoms with Crippen LogP contribution in [0.1, 0.15) is 78.0 Å². The van der Waals surface area contributed by atoms with Crippen LogP contribution in [0.5, 0.6) is 5.88 Å². The second-order valence-electron chi connectivity index (χ2n) is 21.4. The quantitative estimate of drug-likeness (QED) is 0.0940. The number of aromatic nitrogens is 5. The minimum absolute atomic E-state index is 0.0244. The highest BCUT2D eigenvalue weighted by Gasteiger charge is 2.49. The number of likely N-dealkylation sites (tertiary alicyclic amines) is 2. The van der Waals surface area contributed by atoms with Crippen LogP contribution in [-0.2, 0) is 44.3 Å². The summed E-state index contributed by atoms with van der Waals surface area (Å²) in [6.45, 7) is 9.05. The molecule has 4 aliphatic rings. The second-order valence-corrected chi connectivity index (χ2v) is 24.3. The van der Waals surface area contributed by atoms with Gasteiger partial charge in [-0.25, -0.2) is 27.2 Å². The van der Waals surface area contributed by atoms with E-state index >= 15 is 4.39 Å². The molecule has 0 unspecified atom stereocenters. The molecule has 0 aliphatic carbocycles. The number of β-amino-alcohol motifs (C(OH)–C–C–N with tert-alkyl or cyclic N) is 1. The molecule has 3 amide bonds. The number of anilines is 2. The fourth-order valence-corrected chi connectivity index (χ4v) is 13.0. The van der Waals surface area contributed by atoms with Crippen LogP contribution in [0.25, 0.3) is 32.5 Å². The van der Waals surface area contributed by atoms with Crippen LogP contribution in [0.2, 0.25) is 0 Å². The first-order valence-electron chi connectivity index (χ1n) is 25.8. The summed E-state index contributed by atoms with van der Waals surface area (Å²) in [7, 11) is -2.15. The maximum Gasteiger partial charge on any atom is 0.277 e. The number of aliphatic hydroxyl groups is 1. The minimum Gasteiger partial charge on any atom is -0.474 e. The van der Waals surface area contributed by atoms with Gasteiger partial charge in [-0.05, 0) is 65.7 Å². The number of H-pyrrole nitrogens is 1. The van der Waals surface area contributed by atoms with Crippen LogP contribution in [0.4, 0.5) is 20.3 Å². The van der Waals surface area contributed by atoms with Gasteiger partial charge in [-0.2, -0.15) is 4.99 Å². The third-order valence-corrected chi connectivity index (χ3v) is 17.1. The number of aliphatic imine (C=N–C) groups is 1. The Kier molecular flexibility index (Phi) is 13.9. The first-order chi connectivity index (χ1) is 37.6. The van der Waals surface area contributed by atoms with Gasteiger partial charge in [-0.1, -0.05) is 38.1 Å². The molecule has 5 atom stereocenters. The Morgan fingerprint density at radius 2 is 1.86 bits per heavy atom. The zero-order valence-corrected chi connectivity index (χ0v) is 45.7. The predicted molar refractivity (Wildman–Crippen MR) is 291 cm³/mol. The van der Waals surface area contributed by atoms with Crippen molar-refractivity contribution < 1.29 is 45.9 Å². The predicted octanol–water partition coefficient (Wildman–Crippen LogP) is 5.85. The van der Waals surface area contributed by atoms with Gasteiger partial charge in [-0.15, -0.1) is 11.3 Å². The molecule has 0 radical (unpaired) electrons. The Morgan fingerprint density at radius 1 is 1.08 bits per heavy atom. The lowest BCUT2D eigenvalue weighted by atomic mass is 9.90. The number of halogens is 2. The monoisotopic (exact) mass is 1120 g/mol. The molecule has 2 fully saturated rings. The number of hydrogen-bond donors (Lipinski definition) is 4. The minimum atomic E-state index is -3.72. The number of nitrogens with zero attached hydrogens (tertiary/aromatic N) is 8. The third-order valence-electron chi connectivity index (χ3n) is 15.3. The van der Waals surface area contributed by atoms with E-state index in [1.165, 1.54) is 26.9 Å². The molecule has 4 aliphatic heterocycles. The summed E-state index contributed by atoms with van der Waals surface area (Å²) in [5.41, 5.74) is 5.21. The van der Waals surface area contributed by atoms with Gasteiger partial charge in [0.05, 0.1) is 52.4 Å². The number of amides is 3. The largest absolute Gasteiger partial charge is 0.474 e. The van der Waals surface area contributed by atoms with Gasteiger partial charge in [0, 0.05) is 98.5 Å². The number of amidine groups is 1. The highest BCUT2D eigenvalue weighted by atomic mass is 32.2. The van der Waals surface area contributed by atoms with Crippen LogP contribution in [0.3, 0.4) is 0 Å². The van der Waals surface area contributed by atoms with Crippen LogP contribution in [-0.4, -0.2) is 129 Å². The van der Waals surface area contributed by atoms with Crippen LogP contribution in [0.15, 0.2) is 86.9 Å². The van der Waals surface area contributed by atoms with Crippen molar-refractivity contribution in [1.29, 1.82) is 0 Å². The molecule has 0 bridgehead atoms. The van der Waals surface area contributed by atoms with Gasteiger partial charge in [0.1, 0.15) is 35.2 Å². The number of sulfone groups is 1. The normalized spacial score (nSPS) is 20.7. The summed E-state index contributed by atoms with van der Waals surface area (Å²) < 4.78 is 69.0. The van der Waals surface area contributed by atoms with Crippen molar-refractivity contribution in [2.45, 2.75) is 82.5 Å². The number of aliphatic hydroxyl groups excluding tert-OH is 1. The van der Waals surface area contributed by atoms with E-state index in [4.69, 9.17) is 9.26 Å². The first kappa shape index (κ1) is 53.3. The highest BCUT2D eigenvalue weighted by molar-refractivity contribution is 7.89. The zero-order valence-electron chi connectivity index (χ0n) is 44.0. The first-order valence-corrected chi connectivity index (χ1v) is 28.7. The molecule has 9 heterocycles. The number of carbonyl (C=O) groups excluding carboxylic acids is 3. The number of fused-ring (bicyclic) bond motifs is 2. The van der Waals surface area contributed by atoms with Gasteiger partial charge in [0.2, 0.25) is 5.91 Å². The topological polar surface area (TPSA) is 251 Å². The van der Waals surface area contributed by atoms with Gasteiger partial charge in [-0.3, -0.25) is 24.1 Å². The average Bonchev–Trinajstić information content (AvgIpc) is 4.32. The van der Waals surface area contributed by atoms with E-state index in [0.717, 1.165) is 28.6 Å². The SMILES string of the molecule is Cc1ncsc1-c1ccc([C@]2(C)NC([C@@H]3C[C@@H](O)CN3C(=O)[C@@H](c3cc(OCCN4CC[C@H](NC(=O)c5cc6c(cc5CS(C)(=O)=O)-c5cn(C)c(=O)c7[nH]cc(c57)CN6c5ncc(F)cc5F)C4)no3)C(C)C)=NC2=O)cc1. The maximum absolute atomic E-state index is 15.7. The molecule has 20 nitrogen and oxygen atoms in total. The van der Waals surface area contributed by atoms with E-state index in [0.29, 0.717) is 71.3 Å². The number of aryl methyl sites for hydroxylation is 2. The summed E-state index contributed by atoms with van der Waals surface area (Å²) in [6, 6.07) is 12.0. The molecule has 0 saturated carbocycles. The fourth-order valence-electron chi connectivity index (χ4n) is 11.4. The number of hydrogen-bond acceptors (Lipinski definition) is 16. The van der Waals surface area contributed by atoms with E-state index in [1.807, 2.05) is 45.0 Å². The zero-order chi connectivity index (χ0) is 55.8. The van der Waals surface area contributed by atoms with Crippen molar-refractivity contribution in [2.24, 2.45) is 18.0 Å². The number of carbonyl (C=O) groups is 3. The number of pyridine rings is 2. The summed E-state index contributed by atoms with van der Waals surface area (Å²) in [6.07, 6.45) is 5.05. The maximum atomic E-state index is 15.7. The Morgan fingerprint density at radius 3 is 2.58 bits per heavy atom. The van der Waals surface area contributed by atoms with Crippen LogP contribution < -0.4 is 25.8 Å². The van der Waals surface area contributed by atoms with E-state index in [-0.39, 0.29) is 83.6 Å². The van der Waals surface area contributed by atoms with Gasteiger partial charge in [0.25, 0.3) is 23.3 Å². The van der Waals surface area contributed by atoms with Crippen molar-refractivity contribution in [2.75, 3.05) is 43.9 Å². The second kappa shape index (κ2) is 20.5. The Bertz CT molecular complexity index is 3800. The molecular weight excluding hydrogens is 1060 g/mol. The molecule has 2 saturated heterocycles. The van der Waals surface area contributed by atoms with Gasteiger partial charge >= 0.3 is 0 Å². The average molecular weight is 1120 g/mol. The molecule has 24 heteroatoms. The van der Waals surface area contributed by atoms with E-state index in [1.54, 1.807) is 48.9 Å². The summed E-state index contributed by atoms with van der Waals surface area (Å²) >= 11 is 1.54. The lowest BCUT2D eigenvalue weighted by Gasteiger charge is -2.31. The van der Waals surface area contributed by atoms with Crippen molar-refractivity contribution >= 4 is 67.1 Å². The fraction of sp³-hybridized carbons (Fsp3) is 0.382. The summed E-state index contributed by atoms with van der Waals surface area (Å²) in [4.78, 5) is 77.9. The number of benzene rings is 2. The van der Waals surface area contributed by atoms with E-state index in [2.05, 4.69) is 40.6 Å². The molecule has 4 N–H and O–H groups in total. The van der Waals surface area contributed by atoms with Gasteiger partial charge in [0.15, 0.2) is 27.2 Å². The van der Waals surface area contributed by atoms with Crippen LogP contribution >= 0.6 is 11.3 Å². The number of aromatic amines is 1. The molecule has 412 valence electrons. The lowest BCUT2D eigenvalue weighted by molar-refractivity contribution is -0.134. The number of thiazole rings is 1. The van der Waals surface area contributed by atoms with Gasteiger partial charge < -0.3 is 44.4 Å². The van der Waals surface area contributed by atoms with Crippen molar-refractivity contribution in [3.8, 4) is 27.4 Å². The Balaban J connectivity index is 0.753. The Hall–Kier alpha value is -7.67. The molecule has 79 heavy (non-hydrogen) atoms. The van der Waals surface area contributed by atoms with Crippen molar-refractivity contribution in [1.82, 2.24) is 45.1 Å². The number of nitrogens with one attached hydrogen (secondary N) is 3. The van der Waals surface area contributed by atoms with E-state index in [9.17, 15) is 37.1 Å². The van der Waals surface area contributed by atoms with Crippen LogP contribution in [0, 0.1) is 24.5 Å². The molecule has 2 aromatic carbocycles. The smallest absolute Gasteiger partial charge is 0.277 e. The summed E-state index contributed by atoms with van der Waals surface area (Å²) in [5, 5.41) is 22.0.